The lowest BCUT2D eigenvalue weighted by Gasteiger charge is -2.14. The standard InChI is InChI=1S/C34H29N11O4S/c1-20-24(17-23(19-28(20)50(2,48)49)32(47)40-34-38-30(41-44-34)25-8-5-6-13-35-25)22-10-14-36-26(18-22)31-39-33(43-42-31)37-29(46)12-16-45-15-11-21-7-3-4-9-27(21)45/h3-11,13-15,17-19H,12,16H2,1-2H3,(H2,37,39,42,43,46)(H2,38,40,41,44,47). The molecule has 0 saturated heterocycles. The van der Waals surface area contributed by atoms with Crippen molar-refractivity contribution in [3.05, 3.63) is 103 Å². The zero-order valence-corrected chi connectivity index (χ0v) is 27.6. The van der Waals surface area contributed by atoms with E-state index in [1.165, 1.54) is 12.3 Å². The normalized spacial score (nSPS) is 11.5. The second-order valence-corrected chi connectivity index (χ2v) is 13.4. The summed E-state index contributed by atoms with van der Waals surface area (Å²) in [5, 5.41) is 20.1. The number of amides is 2. The first-order valence-electron chi connectivity index (χ1n) is 15.4. The molecule has 2 aromatic carbocycles. The van der Waals surface area contributed by atoms with E-state index in [1.807, 2.05) is 41.1 Å². The predicted octanol–water partition coefficient (Wildman–Crippen LogP) is 4.66. The molecule has 0 radical (unpaired) electrons. The average Bonchev–Trinajstić information content (AvgIpc) is 3.88. The molecule has 0 fully saturated rings. The van der Waals surface area contributed by atoms with Crippen LogP contribution in [0.15, 0.2) is 96.3 Å². The second kappa shape index (κ2) is 13.2. The Labute approximate surface area is 285 Å². The van der Waals surface area contributed by atoms with Crippen LogP contribution < -0.4 is 10.6 Å². The fraction of sp³-hybridized carbons (Fsp3) is 0.118. The summed E-state index contributed by atoms with van der Waals surface area (Å²) in [5.41, 5.74) is 3.53. The summed E-state index contributed by atoms with van der Waals surface area (Å²) in [6.07, 6.45) is 6.38. The number of aromatic amines is 2. The van der Waals surface area contributed by atoms with Crippen molar-refractivity contribution in [2.24, 2.45) is 0 Å². The maximum Gasteiger partial charge on any atom is 0.258 e. The van der Waals surface area contributed by atoms with Gasteiger partial charge in [0.1, 0.15) is 11.4 Å². The summed E-state index contributed by atoms with van der Waals surface area (Å²) in [4.78, 5) is 43.4. The summed E-state index contributed by atoms with van der Waals surface area (Å²) < 4.78 is 27.7. The summed E-state index contributed by atoms with van der Waals surface area (Å²) in [6, 6.07) is 21.5. The molecule has 0 bridgehead atoms. The Morgan fingerprint density at radius 2 is 1.54 bits per heavy atom. The van der Waals surface area contributed by atoms with E-state index in [2.05, 4.69) is 51.0 Å². The number of nitrogens with one attached hydrogen (secondary N) is 4. The minimum atomic E-state index is -3.74. The zero-order chi connectivity index (χ0) is 34.8. The van der Waals surface area contributed by atoms with Crippen LogP contribution in [0.1, 0.15) is 22.3 Å². The molecule has 2 amide bonds. The Morgan fingerprint density at radius 3 is 2.30 bits per heavy atom. The van der Waals surface area contributed by atoms with Gasteiger partial charge in [0, 0.05) is 48.9 Å². The van der Waals surface area contributed by atoms with Gasteiger partial charge in [0.15, 0.2) is 21.5 Å². The molecule has 4 N–H and O–H groups in total. The first kappa shape index (κ1) is 32.0. The van der Waals surface area contributed by atoms with Gasteiger partial charge in [-0.1, -0.05) is 24.3 Å². The van der Waals surface area contributed by atoms with E-state index in [9.17, 15) is 18.0 Å². The predicted molar refractivity (Wildman–Crippen MR) is 186 cm³/mol. The van der Waals surface area contributed by atoms with Crippen molar-refractivity contribution >= 4 is 44.5 Å². The monoisotopic (exact) mass is 687 g/mol. The van der Waals surface area contributed by atoms with E-state index in [0.29, 0.717) is 40.4 Å². The van der Waals surface area contributed by atoms with Crippen molar-refractivity contribution < 1.29 is 18.0 Å². The number of nitrogens with zero attached hydrogens (tertiary/aromatic N) is 7. The maximum atomic E-state index is 13.4. The van der Waals surface area contributed by atoms with Gasteiger partial charge in [0.25, 0.3) is 5.91 Å². The number of carbonyl (C=O) groups is 2. The number of para-hydroxylation sites is 1. The number of pyridine rings is 2. The van der Waals surface area contributed by atoms with Gasteiger partial charge in [0.2, 0.25) is 17.8 Å². The molecular formula is C34H29N11O4S. The number of anilines is 2. The van der Waals surface area contributed by atoms with Gasteiger partial charge >= 0.3 is 0 Å². The smallest absolute Gasteiger partial charge is 0.258 e. The average molecular weight is 688 g/mol. The number of sulfone groups is 1. The molecule has 5 heterocycles. The van der Waals surface area contributed by atoms with Crippen LogP contribution in [0.3, 0.4) is 0 Å². The van der Waals surface area contributed by atoms with Gasteiger partial charge in [-0.05, 0) is 77.5 Å². The summed E-state index contributed by atoms with van der Waals surface area (Å²) >= 11 is 0. The number of hydrogen-bond acceptors (Lipinski definition) is 10. The van der Waals surface area contributed by atoms with Gasteiger partial charge in [-0.2, -0.15) is 9.97 Å². The van der Waals surface area contributed by atoms with Gasteiger partial charge < -0.3 is 4.57 Å². The largest absolute Gasteiger partial charge is 0.347 e. The van der Waals surface area contributed by atoms with Crippen LogP contribution in [0.25, 0.3) is 45.1 Å². The Hall–Kier alpha value is -6.55. The van der Waals surface area contributed by atoms with Crippen LogP contribution in [0.5, 0.6) is 0 Å². The number of rotatable bonds is 10. The molecule has 0 aliphatic rings. The molecular weight excluding hydrogens is 659 g/mol. The van der Waals surface area contributed by atoms with Crippen LogP contribution in [0.4, 0.5) is 11.9 Å². The van der Waals surface area contributed by atoms with Crippen molar-refractivity contribution in [2.75, 3.05) is 16.9 Å². The highest BCUT2D eigenvalue weighted by atomic mass is 32.2. The lowest BCUT2D eigenvalue weighted by atomic mass is 9.97. The van der Waals surface area contributed by atoms with E-state index in [1.54, 1.807) is 49.5 Å². The van der Waals surface area contributed by atoms with Crippen LogP contribution in [-0.2, 0) is 21.2 Å². The van der Waals surface area contributed by atoms with Gasteiger partial charge in [-0.3, -0.25) is 40.4 Å². The van der Waals surface area contributed by atoms with E-state index < -0.39 is 15.7 Å². The second-order valence-electron chi connectivity index (χ2n) is 11.4. The quantitative estimate of drug-likeness (QED) is 0.156. The molecule has 0 spiro atoms. The fourth-order valence-corrected chi connectivity index (χ4v) is 6.52. The Morgan fingerprint density at radius 1 is 0.820 bits per heavy atom. The number of H-pyrrole nitrogens is 2. The van der Waals surface area contributed by atoms with Crippen molar-refractivity contribution in [2.45, 2.75) is 24.8 Å². The molecule has 7 aromatic rings. The minimum absolute atomic E-state index is 0.00342. The molecule has 50 heavy (non-hydrogen) atoms. The first-order valence-corrected chi connectivity index (χ1v) is 17.2. The topological polar surface area (TPSA) is 206 Å². The van der Waals surface area contributed by atoms with Gasteiger partial charge in [-0.15, -0.1) is 10.2 Å². The van der Waals surface area contributed by atoms with Gasteiger partial charge in [-0.25, -0.2) is 8.42 Å². The van der Waals surface area contributed by atoms with Crippen molar-refractivity contribution in [3.63, 3.8) is 0 Å². The van der Waals surface area contributed by atoms with Crippen molar-refractivity contribution in [1.29, 1.82) is 0 Å². The summed E-state index contributed by atoms with van der Waals surface area (Å²) in [7, 11) is -3.74. The van der Waals surface area contributed by atoms with E-state index in [0.717, 1.165) is 17.2 Å². The highest BCUT2D eigenvalue weighted by molar-refractivity contribution is 7.90. The van der Waals surface area contributed by atoms with Crippen molar-refractivity contribution in [1.82, 2.24) is 44.9 Å². The number of aromatic nitrogens is 9. The molecule has 0 aliphatic carbocycles. The highest BCUT2D eigenvalue weighted by Gasteiger charge is 2.21. The number of aryl methyl sites for hydroxylation is 1. The minimum Gasteiger partial charge on any atom is -0.347 e. The lowest BCUT2D eigenvalue weighted by Crippen LogP contribution is -2.15. The Balaban J connectivity index is 1.10. The Kier molecular flexibility index (Phi) is 8.43. The number of carbonyl (C=O) groups excluding carboxylic acids is 2. The molecule has 0 unspecified atom stereocenters. The molecule has 250 valence electrons. The van der Waals surface area contributed by atoms with Crippen molar-refractivity contribution in [3.8, 4) is 34.2 Å². The van der Waals surface area contributed by atoms with E-state index >= 15 is 0 Å². The molecule has 5 aromatic heterocycles. The molecule has 7 rings (SSSR count). The third kappa shape index (κ3) is 6.72. The van der Waals surface area contributed by atoms with E-state index in [-0.39, 0.29) is 40.5 Å². The first-order chi connectivity index (χ1) is 24.1. The third-order valence-corrected chi connectivity index (χ3v) is 9.17. The van der Waals surface area contributed by atoms with E-state index in [4.69, 9.17) is 0 Å². The third-order valence-electron chi connectivity index (χ3n) is 7.95. The number of hydrogen-bond donors (Lipinski definition) is 4. The lowest BCUT2D eigenvalue weighted by molar-refractivity contribution is -0.116. The fourth-order valence-electron chi connectivity index (χ4n) is 5.52. The number of benzene rings is 2. The van der Waals surface area contributed by atoms with Crippen LogP contribution in [0, 0.1) is 6.92 Å². The van der Waals surface area contributed by atoms with Crippen LogP contribution in [-0.4, -0.2) is 71.4 Å². The molecule has 0 aliphatic heterocycles. The Bertz CT molecular complexity index is 2490. The molecule has 0 saturated carbocycles. The summed E-state index contributed by atoms with van der Waals surface area (Å²) in [6.45, 7) is 2.15. The van der Waals surface area contributed by atoms with Crippen LogP contribution >= 0.6 is 0 Å². The SMILES string of the molecule is Cc1c(-c2ccnc(-c3nc(NC(=O)CCn4ccc5ccccc54)n[nH]3)c2)cc(C(=O)Nc2n[nH]c(-c3ccccn3)n2)cc1S(C)(=O)=O. The van der Waals surface area contributed by atoms with Crippen LogP contribution in [0.2, 0.25) is 0 Å². The highest BCUT2D eigenvalue weighted by Crippen LogP contribution is 2.32. The number of fused-ring (bicyclic) bond motifs is 1. The zero-order valence-electron chi connectivity index (χ0n) is 26.7. The molecule has 16 heteroatoms. The van der Waals surface area contributed by atoms with Gasteiger partial charge in [0.05, 0.1) is 4.90 Å². The maximum absolute atomic E-state index is 13.4. The molecule has 15 nitrogen and oxygen atoms in total. The summed E-state index contributed by atoms with van der Waals surface area (Å²) in [5.74, 6) is -0.155. The molecule has 0 atom stereocenters.